The summed E-state index contributed by atoms with van der Waals surface area (Å²) in [6, 6.07) is 3.01. The Morgan fingerprint density at radius 2 is 2.05 bits per heavy atom. The topological polar surface area (TPSA) is 42.0 Å². The van der Waals surface area contributed by atoms with Crippen LogP contribution in [0.3, 0.4) is 0 Å². The van der Waals surface area contributed by atoms with Crippen molar-refractivity contribution in [1.82, 2.24) is 4.98 Å². The average Bonchev–Trinajstić information content (AvgIpc) is 2.81. The van der Waals surface area contributed by atoms with Gasteiger partial charge in [-0.2, -0.15) is 0 Å². The maximum atomic E-state index is 13.0. The number of carbonyl (C=O) groups is 1. The second-order valence-corrected chi connectivity index (χ2v) is 5.37. The van der Waals surface area contributed by atoms with E-state index < -0.39 is 17.5 Å². The van der Waals surface area contributed by atoms with Gasteiger partial charge in [0, 0.05) is 16.6 Å². The molecule has 1 amide bonds. The van der Waals surface area contributed by atoms with E-state index in [1.807, 2.05) is 13.8 Å². The molecule has 0 radical (unpaired) electrons. The lowest BCUT2D eigenvalue weighted by Crippen LogP contribution is -2.12. The molecule has 19 heavy (non-hydrogen) atoms. The molecule has 6 heteroatoms. The van der Waals surface area contributed by atoms with Gasteiger partial charge in [-0.3, -0.25) is 10.1 Å². The highest BCUT2D eigenvalue weighted by Crippen LogP contribution is 2.25. The molecule has 100 valence electrons. The van der Waals surface area contributed by atoms with E-state index in [1.54, 1.807) is 6.20 Å². The number of rotatable bonds is 3. The highest BCUT2D eigenvalue weighted by atomic mass is 32.1. The molecule has 2 rings (SSSR count). The van der Waals surface area contributed by atoms with Crippen molar-refractivity contribution >= 4 is 22.4 Å². The van der Waals surface area contributed by atoms with Crippen molar-refractivity contribution in [3.63, 3.8) is 0 Å². The van der Waals surface area contributed by atoms with Crippen LogP contribution in [-0.4, -0.2) is 10.9 Å². The monoisotopic (exact) mass is 282 g/mol. The summed E-state index contributed by atoms with van der Waals surface area (Å²) in [5.41, 5.74) is 0.0557. The summed E-state index contributed by atoms with van der Waals surface area (Å²) in [6.07, 6.45) is 1.69. The first-order valence-electron chi connectivity index (χ1n) is 5.69. The van der Waals surface area contributed by atoms with Gasteiger partial charge in [0.15, 0.2) is 16.8 Å². The zero-order valence-corrected chi connectivity index (χ0v) is 11.2. The lowest BCUT2D eigenvalue weighted by atomic mass is 10.2. The van der Waals surface area contributed by atoms with Gasteiger partial charge < -0.3 is 0 Å². The lowest BCUT2D eigenvalue weighted by molar-refractivity contribution is 0.102. The minimum absolute atomic E-state index is 0.0557. The Balaban J connectivity index is 2.13. The molecule has 1 heterocycles. The smallest absolute Gasteiger partial charge is 0.257 e. The molecule has 1 aromatic carbocycles. The van der Waals surface area contributed by atoms with Crippen LogP contribution in [0.2, 0.25) is 0 Å². The molecule has 1 aromatic heterocycles. The summed E-state index contributed by atoms with van der Waals surface area (Å²) < 4.78 is 25.8. The number of hydrogen-bond acceptors (Lipinski definition) is 3. The summed E-state index contributed by atoms with van der Waals surface area (Å²) in [6.45, 7) is 4.04. The largest absolute Gasteiger partial charge is 0.298 e. The van der Waals surface area contributed by atoms with Gasteiger partial charge in [-0.25, -0.2) is 13.8 Å². The number of amides is 1. The maximum Gasteiger partial charge on any atom is 0.257 e. The molecule has 3 nitrogen and oxygen atoms in total. The standard InChI is InChI=1S/C13H12F2N2OS/c1-7(2)11-6-16-13(19-11)17-12(18)8-3-4-9(14)10(15)5-8/h3-7H,1-2H3,(H,16,17,18). The van der Waals surface area contributed by atoms with Crippen molar-refractivity contribution < 1.29 is 13.6 Å². The Morgan fingerprint density at radius 3 is 2.63 bits per heavy atom. The van der Waals surface area contributed by atoms with Crippen LogP contribution < -0.4 is 5.32 Å². The van der Waals surface area contributed by atoms with E-state index in [-0.39, 0.29) is 5.56 Å². The van der Waals surface area contributed by atoms with E-state index >= 15 is 0 Å². The minimum atomic E-state index is -1.05. The van der Waals surface area contributed by atoms with Gasteiger partial charge in [0.05, 0.1) is 0 Å². The first-order chi connectivity index (χ1) is 8.97. The second kappa shape index (κ2) is 5.44. The third-order valence-corrected chi connectivity index (χ3v) is 3.71. The van der Waals surface area contributed by atoms with E-state index in [0.717, 1.165) is 17.0 Å². The van der Waals surface area contributed by atoms with Gasteiger partial charge in [0.2, 0.25) is 0 Å². The predicted octanol–water partition coefficient (Wildman–Crippen LogP) is 3.80. The zero-order chi connectivity index (χ0) is 14.0. The van der Waals surface area contributed by atoms with E-state index in [2.05, 4.69) is 10.3 Å². The fourth-order valence-electron chi connectivity index (χ4n) is 1.42. The molecular formula is C13H12F2N2OS. The molecule has 2 aromatic rings. The Kier molecular flexibility index (Phi) is 3.90. The average molecular weight is 282 g/mol. The van der Waals surface area contributed by atoms with Crippen LogP contribution in [0.1, 0.15) is 35.0 Å². The molecule has 0 aliphatic heterocycles. The van der Waals surface area contributed by atoms with E-state index in [4.69, 9.17) is 0 Å². The highest BCUT2D eigenvalue weighted by Gasteiger charge is 2.12. The molecule has 0 spiro atoms. The molecule has 1 N–H and O–H groups in total. The molecule has 0 bridgehead atoms. The number of carbonyl (C=O) groups excluding carboxylic acids is 1. The van der Waals surface area contributed by atoms with Crippen LogP contribution in [-0.2, 0) is 0 Å². The SMILES string of the molecule is CC(C)c1cnc(NC(=O)c2ccc(F)c(F)c2)s1. The van der Waals surface area contributed by atoms with E-state index in [9.17, 15) is 13.6 Å². The number of nitrogens with one attached hydrogen (secondary N) is 1. The van der Waals surface area contributed by atoms with Gasteiger partial charge in [0.1, 0.15) is 0 Å². The van der Waals surface area contributed by atoms with Crippen molar-refractivity contribution in [3.05, 3.63) is 46.5 Å². The number of halogens is 2. The van der Waals surface area contributed by atoms with E-state index in [1.165, 1.54) is 17.4 Å². The van der Waals surface area contributed by atoms with Crippen molar-refractivity contribution in [1.29, 1.82) is 0 Å². The van der Waals surface area contributed by atoms with Crippen molar-refractivity contribution in [2.45, 2.75) is 19.8 Å². The Morgan fingerprint density at radius 1 is 1.32 bits per heavy atom. The van der Waals surface area contributed by atoms with Gasteiger partial charge in [0.25, 0.3) is 5.91 Å². The summed E-state index contributed by atoms with van der Waals surface area (Å²) in [4.78, 5) is 16.9. The molecule has 0 unspecified atom stereocenters. The number of hydrogen-bond donors (Lipinski definition) is 1. The first kappa shape index (κ1) is 13.6. The molecule has 0 atom stereocenters. The third kappa shape index (κ3) is 3.14. The van der Waals surface area contributed by atoms with Crippen molar-refractivity contribution in [2.75, 3.05) is 5.32 Å². The van der Waals surface area contributed by atoms with Crippen LogP contribution in [0.5, 0.6) is 0 Å². The molecule has 0 saturated carbocycles. The Hall–Kier alpha value is -1.82. The van der Waals surface area contributed by atoms with Crippen LogP contribution >= 0.6 is 11.3 Å². The molecule has 0 saturated heterocycles. The van der Waals surface area contributed by atoms with Crippen LogP contribution in [0.15, 0.2) is 24.4 Å². The van der Waals surface area contributed by atoms with Crippen LogP contribution in [0.25, 0.3) is 0 Å². The summed E-state index contributed by atoms with van der Waals surface area (Å²) in [5, 5.41) is 3.00. The summed E-state index contributed by atoms with van der Waals surface area (Å²) in [7, 11) is 0. The number of aromatic nitrogens is 1. The first-order valence-corrected chi connectivity index (χ1v) is 6.51. The molecule has 0 aliphatic rings. The third-order valence-electron chi connectivity index (χ3n) is 2.49. The van der Waals surface area contributed by atoms with Gasteiger partial charge in [-0.1, -0.05) is 13.8 Å². The number of thiazole rings is 1. The fourth-order valence-corrected chi connectivity index (χ4v) is 2.23. The quantitative estimate of drug-likeness (QED) is 0.930. The zero-order valence-electron chi connectivity index (χ0n) is 10.4. The maximum absolute atomic E-state index is 13.0. The van der Waals surface area contributed by atoms with Crippen LogP contribution in [0.4, 0.5) is 13.9 Å². The summed E-state index contributed by atoms with van der Waals surface area (Å²) >= 11 is 1.36. The van der Waals surface area contributed by atoms with Crippen molar-refractivity contribution in [3.8, 4) is 0 Å². The lowest BCUT2D eigenvalue weighted by Gasteiger charge is -2.02. The number of anilines is 1. The number of nitrogens with zero attached hydrogens (tertiary/aromatic N) is 1. The minimum Gasteiger partial charge on any atom is -0.298 e. The predicted molar refractivity (Wildman–Crippen MR) is 70.5 cm³/mol. The highest BCUT2D eigenvalue weighted by molar-refractivity contribution is 7.15. The van der Waals surface area contributed by atoms with Crippen molar-refractivity contribution in [2.24, 2.45) is 0 Å². The van der Waals surface area contributed by atoms with Gasteiger partial charge in [-0.05, 0) is 24.1 Å². The number of benzene rings is 1. The molecular weight excluding hydrogens is 270 g/mol. The molecule has 0 aliphatic carbocycles. The van der Waals surface area contributed by atoms with E-state index in [0.29, 0.717) is 11.0 Å². The normalized spacial score (nSPS) is 10.8. The fraction of sp³-hybridized carbons (Fsp3) is 0.231. The van der Waals surface area contributed by atoms with Gasteiger partial charge >= 0.3 is 0 Å². The van der Waals surface area contributed by atoms with Crippen LogP contribution in [0, 0.1) is 11.6 Å². The Bertz CT molecular complexity index is 610. The summed E-state index contributed by atoms with van der Waals surface area (Å²) in [5.74, 6) is -2.21. The molecule has 0 fully saturated rings. The second-order valence-electron chi connectivity index (χ2n) is 4.31. The Labute approximate surface area is 113 Å². The van der Waals surface area contributed by atoms with Gasteiger partial charge in [-0.15, -0.1) is 11.3 Å².